The highest BCUT2D eigenvalue weighted by atomic mass is 16.4. The molecule has 5 heteroatoms. The summed E-state index contributed by atoms with van der Waals surface area (Å²) in [6.07, 6.45) is -1.58. The lowest BCUT2D eigenvalue weighted by molar-refractivity contribution is -0.146. The van der Waals surface area contributed by atoms with Gasteiger partial charge < -0.3 is 19.9 Å². The van der Waals surface area contributed by atoms with Crippen LogP contribution in [0.4, 0.5) is 0 Å². The van der Waals surface area contributed by atoms with Gasteiger partial charge in [0, 0.05) is 29.2 Å². The number of aromatic hydroxyl groups is 1. The van der Waals surface area contributed by atoms with Gasteiger partial charge in [-0.25, -0.2) is 4.79 Å². The van der Waals surface area contributed by atoms with E-state index >= 15 is 0 Å². The number of fused-ring (bicyclic) bond motifs is 1. The molecule has 1 atom stereocenters. The number of nitrogens with zero attached hydrogens (tertiary/aromatic N) is 1. The maximum Gasteiger partial charge on any atom is 0.337 e. The molecule has 5 nitrogen and oxygen atoms in total. The normalized spacial score (nSPS) is 12.9. The van der Waals surface area contributed by atoms with E-state index in [1.807, 2.05) is 0 Å². The molecule has 1 aromatic carbocycles. The number of aliphatic carboxylic acids is 1. The van der Waals surface area contributed by atoms with Crippen LogP contribution in [0.2, 0.25) is 0 Å². The van der Waals surface area contributed by atoms with Crippen LogP contribution < -0.4 is 0 Å². The van der Waals surface area contributed by atoms with Crippen molar-refractivity contribution in [1.29, 1.82) is 0 Å². The summed E-state index contributed by atoms with van der Waals surface area (Å²) in [7, 11) is 1.78. The minimum atomic E-state index is -1.58. The number of benzene rings is 1. The van der Waals surface area contributed by atoms with Crippen molar-refractivity contribution in [1.82, 2.24) is 4.57 Å². The number of aliphatic hydroxyl groups is 1. The van der Waals surface area contributed by atoms with E-state index in [2.05, 4.69) is 0 Å². The number of carboxylic acid groups (broad SMARTS) is 1. The summed E-state index contributed by atoms with van der Waals surface area (Å²) in [5, 5.41) is 28.6. The molecule has 1 unspecified atom stereocenters. The van der Waals surface area contributed by atoms with Gasteiger partial charge in [0.25, 0.3) is 0 Å². The fourth-order valence-electron chi connectivity index (χ4n) is 2.06. The van der Waals surface area contributed by atoms with E-state index in [4.69, 9.17) is 5.11 Å². The van der Waals surface area contributed by atoms with Gasteiger partial charge in [-0.2, -0.15) is 0 Å². The number of hydrogen-bond donors (Lipinski definition) is 3. The molecular formula is C12H13NO4. The van der Waals surface area contributed by atoms with Gasteiger partial charge in [0.2, 0.25) is 0 Å². The Hall–Kier alpha value is -2.01. The van der Waals surface area contributed by atoms with E-state index in [1.165, 1.54) is 12.1 Å². The minimum absolute atomic E-state index is 0.0435. The van der Waals surface area contributed by atoms with Crippen molar-refractivity contribution in [3.8, 4) is 5.75 Å². The second-order valence-electron chi connectivity index (χ2n) is 4.00. The van der Waals surface area contributed by atoms with Gasteiger partial charge in [-0.1, -0.05) is 0 Å². The predicted molar refractivity (Wildman–Crippen MR) is 61.9 cm³/mol. The van der Waals surface area contributed by atoms with E-state index in [0.29, 0.717) is 16.6 Å². The molecule has 0 amide bonds. The second-order valence-corrected chi connectivity index (χ2v) is 4.00. The Balaban J connectivity index is 2.81. The zero-order chi connectivity index (χ0) is 12.7. The van der Waals surface area contributed by atoms with Gasteiger partial charge >= 0.3 is 5.97 Å². The lowest BCUT2D eigenvalue weighted by atomic mass is 10.1. The Labute approximate surface area is 97.5 Å². The maximum absolute atomic E-state index is 10.9. The molecule has 0 radical (unpaired) electrons. The third kappa shape index (κ3) is 1.64. The molecule has 0 aliphatic heterocycles. The van der Waals surface area contributed by atoms with Gasteiger partial charge in [-0.3, -0.25) is 0 Å². The lowest BCUT2D eigenvalue weighted by Crippen LogP contribution is -2.11. The van der Waals surface area contributed by atoms with Crippen LogP contribution >= 0.6 is 0 Å². The van der Waals surface area contributed by atoms with Gasteiger partial charge in [-0.05, 0) is 25.1 Å². The van der Waals surface area contributed by atoms with Crippen LogP contribution in [0.15, 0.2) is 18.2 Å². The molecule has 90 valence electrons. The summed E-state index contributed by atoms with van der Waals surface area (Å²) in [6, 6.07) is 4.68. The number of aryl methyl sites for hydroxylation is 1. The predicted octanol–water partition coefficient (Wildman–Crippen LogP) is 1.31. The van der Waals surface area contributed by atoms with Crippen LogP contribution in [-0.2, 0) is 11.8 Å². The summed E-state index contributed by atoms with van der Waals surface area (Å²) < 4.78 is 1.79. The Kier molecular flexibility index (Phi) is 2.55. The molecule has 0 bridgehead atoms. The standard InChI is InChI=1S/C12H13NO4/c1-6-10(11(15)12(16)17)8-5-7(14)3-4-9(8)13(6)2/h3-5,11,14-15H,1-2H3,(H,16,17). The number of aromatic nitrogens is 1. The number of rotatable bonds is 2. The first kappa shape index (κ1) is 11.5. The SMILES string of the molecule is Cc1c(C(O)C(=O)O)c2cc(O)ccc2n1C. The highest BCUT2D eigenvalue weighted by molar-refractivity contribution is 5.91. The molecule has 17 heavy (non-hydrogen) atoms. The Morgan fingerprint density at radius 1 is 1.41 bits per heavy atom. The van der Waals surface area contributed by atoms with Crippen LogP contribution in [0, 0.1) is 6.92 Å². The fourth-order valence-corrected chi connectivity index (χ4v) is 2.06. The molecule has 1 heterocycles. The number of carboxylic acids is 1. The van der Waals surface area contributed by atoms with Crippen molar-refractivity contribution < 1.29 is 20.1 Å². The fraction of sp³-hybridized carbons (Fsp3) is 0.250. The summed E-state index contributed by atoms with van der Waals surface area (Å²) in [4.78, 5) is 10.9. The van der Waals surface area contributed by atoms with E-state index in [0.717, 1.165) is 5.52 Å². The molecule has 0 aliphatic carbocycles. The molecule has 0 spiro atoms. The van der Waals surface area contributed by atoms with Crippen molar-refractivity contribution in [2.75, 3.05) is 0 Å². The molecule has 3 N–H and O–H groups in total. The summed E-state index contributed by atoms with van der Waals surface area (Å²) in [5.41, 5.74) is 1.77. The largest absolute Gasteiger partial charge is 0.508 e. The third-order valence-corrected chi connectivity index (χ3v) is 3.03. The van der Waals surface area contributed by atoms with Gasteiger partial charge in [0.1, 0.15) is 5.75 Å². The summed E-state index contributed by atoms with van der Waals surface area (Å²) in [6.45, 7) is 1.73. The number of hydrogen-bond acceptors (Lipinski definition) is 3. The first-order valence-corrected chi connectivity index (χ1v) is 5.12. The quantitative estimate of drug-likeness (QED) is 0.733. The van der Waals surface area contributed by atoms with Crippen molar-refractivity contribution >= 4 is 16.9 Å². The Bertz CT molecular complexity index is 600. The van der Waals surface area contributed by atoms with E-state index in [9.17, 15) is 15.0 Å². The number of aliphatic hydroxyl groups excluding tert-OH is 1. The van der Waals surface area contributed by atoms with Crippen molar-refractivity contribution in [3.63, 3.8) is 0 Å². The van der Waals surface area contributed by atoms with Crippen LogP contribution in [-0.4, -0.2) is 25.9 Å². The van der Waals surface area contributed by atoms with E-state index in [1.54, 1.807) is 24.6 Å². The highest BCUT2D eigenvalue weighted by Gasteiger charge is 2.24. The number of phenols is 1. The molecule has 0 fully saturated rings. The zero-order valence-electron chi connectivity index (χ0n) is 9.51. The summed E-state index contributed by atoms with van der Waals surface area (Å²) >= 11 is 0. The van der Waals surface area contributed by atoms with Gasteiger partial charge in [-0.15, -0.1) is 0 Å². The number of carbonyl (C=O) groups is 1. The van der Waals surface area contributed by atoms with Crippen molar-refractivity contribution in [2.24, 2.45) is 7.05 Å². The van der Waals surface area contributed by atoms with E-state index in [-0.39, 0.29) is 5.75 Å². The molecular weight excluding hydrogens is 222 g/mol. The smallest absolute Gasteiger partial charge is 0.337 e. The van der Waals surface area contributed by atoms with Gasteiger partial charge in [0.15, 0.2) is 6.10 Å². The van der Waals surface area contributed by atoms with Crippen molar-refractivity contribution in [2.45, 2.75) is 13.0 Å². The second kappa shape index (κ2) is 3.78. The Morgan fingerprint density at radius 2 is 2.06 bits per heavy atom. The first-order chi connectivity index (χ1) is 7.93. The van der Waals surface area contributed by atoms with E-state index < -0.39 is 12.1 Å². The molecule has 0 saturated heterocycles. The highest BCUT2D eigenvalue weighted by Crippen LogP contribution is 2.32. The third-order valence-electron chi connectivity index (χ3n) is 3.03. The zero-order valence-corrected chi connectivity index (χ0v) is 9.51. The molecule has 0 aliphatic rings. The lowest BCUT2D eigenvalue weighted by Gasteiger charge is -2.06. The monoisotopic (exact) mass is 235 g/mol. The summed E-state index contributed by atoms with van der Waals surface area (Å²) in [5.74, 6) is -1.26. The molecule has 2 aromatic rings. The molecule has 2 rings (SSSR count). The minimum Gasteiger partial charge on any atom is -0.508 e. The van der Waals surface area contributed by atoms with Crippen LogP contribution in [0.1, 0.15) is 17.4 Å². The van der Waals surface area contributed by atoms with Crippen LogP contribution in [0.3, 0.4) is 0 Å². The topological polar surface area (TPSA) is 82.7 Å². The number of phenolic OH excluding ortho intramolecular Hbond substituents is 1. The Morgan fingerprint density at radius 3 is 2.65 bits per heavy atom. The van der Waals surface area contributed by atoms with Crippen molar-refractivity contribution in [3.05, 3.63) is 29.5 Å². The van der Waals surface area contributed by atoms with Gasteiger partial charge in [0.05, 0.1) is 0 Å². The van der Waals surface area contributed by atoms with Crippen LogP contribution in [0.25, 0.3) is 10.9 Å². The average Bonchev–Trinajstić information content (AvgIpc) is 2.50. The first-order valence-electron chi connectivity index (χ1n) is 5.12. The molecule has 0 saturated carbocycles. The maximum atomic E-state index is 10.9. The van der Waals surface area contributed by atoms with Crippen LogP contribution in [0.5, 0.6) is 5.75 Å². The average molecular weight is 235 g/mol. The molecule has 1 aromatic heterocycles.